The van der Waals surface area contributed by atoms with Crippen molar-refractivity contribution in [3.63, 3.8) is 0 Å². The lowest BCUT2D eigenvalue weighted by Gasteiger charge is -2.37. The van der Waals surface area contributed by atoms with Gasteiger partial charge in [0.25, 0.3) is 0 Å². The number of hydrogen-bond donors (Lipinski definition) is 2. The van der Waals surface area contributed by atoms with E-state index in [0.29, 0.717) is 12.2 Å². The number of ether oxygens (including phenoxy) is 1. The van der Waals surface area contributed by atoms with Gasteiger partial charge in [0, 0.05) is 31.1 Å². The van der Waals surface area contributed by atoms with Crippen LogP contribution in [0, 0.1) is 0 Å². The van der Waals surface area contributed by atoms with Crippen LogP contribution in [0.15, 0.2) is 176 Å². The molecule has 0 aliphatic heterocycles. The zero-order valence-corrected chi connectivity index (χ0v) is 33.3. The Morgan fingerprint density at radius 1 is 0.741 bits per heavy atom. The number of nitrogens with zero attached hydrogens (tertiary/aromatic N) is 3. The van der Waals surface area contributed by atoms with Crippen LogP contribution in [-0.4, -0.2) is 58.0 Å². The number of imidazole rings is 1. The zero-order valence-electron chi connectivity index (χ0n) is 33.3. The van der Waals surface area contributed by atoms with E-state index in [2.05, 4.69) is 65.4 Å². The quantitative estimate of drug-likeness (QED) is 0.0721. The van der Waals surface area contributed by atoms with Gasteiger partial charge in [0.15, 0.2) is 0 Å². The van der Waals surface area contributed by atoms with Crippen LogP contribution >= 0.6 is 0 Å². The molecule has 0 saturated heterocycles. The lowest BCUT2D eigenvalue weighted by molar-refractivity contribution is -0.137. The van der Waals surface area contributed by atoms with Crippen molar-refractivity contribution in [3.8, 4) is 0 Å². The second kappa shape index (κ2) is 19.4. The van der Waals surface area contributed by atoms with Crippen LogP contribution in [0.2, 0.25) is 0 Å². The molecule has 6 aromatic rings. The molecule has 0 bridgehead atoms. The highest BCUT2D eigenvalue weighted by Crippen LogP contribution is 2.40. The number of benzene rings is 5. The van der Waals surface area contributed by atoms with Gasteiger partial charge in [-0.25, -0.2) is 9.78 Å². The summed E-state index contributed by atoms with van der Waals surface area (Å²) in [5.74, 6) is -0.753. The Bertz CT molecular complexity index is 2150. The third-order valence-corrected chi connectivity index (χ3v) is 10.3. The Labute approximate surface area is 341 Å². The van der Waals surface area contributed by atoms with Crippen LogP contribution in [0.25, 0.3) is 0 Å². The van der Waals surface area contributed by atoms with Crippen molar-refractivity contribution in [1.29, 1.82) is 0 Å². The van der Waals surface area contributed by atoms with Crippen molar-refractivity contribution in [2.24, 2.45) is 0 Å². The number of amides is 3. The van der Waals surface area contributed by atoms with Gasteiger partial charge in [0.05, 0.1) is 18.6 Å². The van der Waals surface area contributed by atoms with Crippen LogP contribution in [0.5, 0.6) is 0 Å². The molecule has 5 aromatic carbocycles. The molecule has 0 aliphatic carbocycles. The Kier molecular flexibility index (Phi) is 13.7. The van der Waals surface area contributed by atoms with Crippen molar-refractivity contribution in [3.05, 3.63) is 210 Å². The lowest BCUT2D eigenvalue weighted by Crippen LogP contribution is -2.52. The second-order valence-electron chi connectivity index (χ2n) is 14.9. The normalized spacial score (nSPS) is 12.1. The number of alkyl carbamates (subject to hydrolysis) is 1. The van der Waals surface area contributed by atoms with Crippen molar-refractivity contribution in [2.45, 2.75) is 50.8 Å². The van der Waals surface area contributed by atoms with Crippen LogP contribution in [0.4, 0.5) is 4.79 Å². The number of carbonyl (C=O) groups excluding carboxylic acids is 3. The molecule has 2 N–H and O–H groups in total. The number of aromatic nitrogens is 2. The van der Waals surface area contributed by atoms with Gasteiger partial charge in [-0.05, 0) is 34.7 Å². The van der Waals surface area contributed by atoms with Gasteiger partial charge < -0.3 is 24.8 Å². The lowest BCUT2D eigenvalue weighted by atomic mass is 9.77. The van der Waals surface area contributed by atoms with Crippen LogP contribution in [0.1, 0.15) is 54.3 Å². The molecule has 1 aromatic heterocycles. The van der Waals surface area contributed by atoms with Gasteiger partial charge in [-0.1, -0.05) is 178 Å². The molecule has 0 radical (unpaired) electrons. The molecule has 1 heterocycles. The summed E-state index contributed by atoms with van der Waals surface area (Å²) in [6, 6.07) is 48.9. The number of carbonyl (C=O) groups is 3. The molecule has 1 atom stereocenters. The largest absolute Gasteiger partial charge is 0.445 e. The van der Waals surface area contributed by atoms with Crippen LogP contribution in [-0.2, 0) is 38.3 Å². The summed E-state index contributed by atoms with van der Waals surface area (Å²) in [6.45, 7) is 6.33. The van der Waals surface area contributed by atoms with E-state index in [-0.39, 0.29) is 37.4 Å². The molecule has 6 rings (SSSR count). The van der Waals surface area contributed by atoms with Crippen molar-refractivity contribution >= 4 is 17.9 Å². The van der Waals surface area contributed by atoms with E-state index in [1.807, 2.05) is 141 Å². The van der Waals surface area contributed by atoms with Gasteiger partial charge in [-0.3, -0.25) is 9.59 Å². The topological polar surface area (TPSA) is 106 Å². The highest BCUT2D eigenvalue weighted by Gasteiger charge is 2.39. The Morgan fingerprint density at radius 2 is 1.24 bits per heavy atom. The van der Waals surface area contributed by atoms with Crippen molar-refractivity contribution in [1.82, 2.24) is 25.1 Å². The zero-order chi connectivity index (χ0) is 40.8. The minimum Gasteiger partial charge on any atom is -0.445 e. The molecule has 1 unspecified atom stereocenters. The molecule has 9 nitrogen and oxygen atoms in total. The van der Waals surface area contributed by atoms with Gasteiger partial charge in [0.1, 0.15) is 18.2 Å². The second-order valence-corrected chi connectivity index (χ2v) is 14.9. The third-order valence-electron chi connectivity index (χ3n) is 10.3. The fourth-order valence-corrected chi connectivity index (χ4v) is 7.18. The summed E-state index contributed by atoms with van der Waals surface area (Å²) >= 11 is 0. The van der Waals surface area contributed by atoms with E-state index in [4.69, 9.17) is 9.72 Å². The number of allylic oxidation sites excluding steroid dienone is 1. The molecular weight excluding hydrogens is 723 g/mol. The molecule has 58 heavy (non-hydrogen) atoms. The molecule has 0 aliphatic rings. The highest BCUT2D eigenvalue weighted by molar-refractivity contribution is 5.90. The average Bonchev–Trinajstić information content (AvgIpc) is 3.74. The van der Waals surface area contributed by atoms with Crippen LogP contribution < -0.4 is 10.6 Å². The first-order chi connectivity index (χ1) is 28.2. The number of hydrogen-bond acceptors (Lipinski definition) is 5. The third kappa shape index (κ3) is 9.97. The summed E-state index contributed by atoms with van der Waals surface area (Å²) in [4.78, 5) is 47.9. The molecule has 3 amide bonds. The maximum Gasteiger partial charge on any atom is 0.408 e. The molecule has 9 heteroatoms. The maximum atomic E-state index is 14.6. The van der Waals surface area contributed by atoms with Crippen LogP contribution in [0.3, 0.4) is 0 Å². The van der Waals surface area contributed by atoms with Gasteiger partial charge in [-0.15, -0.1) is 0 Å². The van der Waals surface area contributed by atoms with Crippen molar-refractivity contribution in [2.75, 3.05) is 19.6 Å². The smallest absolute Gasteiger partial charge is 0.408 e. The van der Waals surface area contributed by atoms with E-state index in [1.165, 1.54) is 4.90 Å². The SMILES string of the molecule is C/C=C/CN(CC(=O)NCC(C)(C)c1ccccc1)C(=O)C(Cc1cn(C(c2ccccc2)(c2ccccc2)c2ccccc2)cn1)NC(=O)OCc1ccccc1. The highest BCUT2D eigenvalue weighted by atomic mass is 16.5. The van der Waals surface area contributed by atoms with E-state index in [9.17, 15) is 14.4 Å². The maximum absolute atomic E-state index is 14.6. The Morgan fingerprint density at radius 3 is 1.76 bits per heavy atom. The minimum atomic E-state index is -1.11. The summed E-state index contributed by atoms with van der Waals surface area (Å²) in [5, 5.41) is 5.86. The van der Waals surface area contributed by atoms with Gasteiger partial charge >= 0.3 is 6.09 Å². The monoisotopic (exact) mass is 773 g/mol. The summed E-state index contributed by atoms with van der Waals surface area (Å²) in [6.07, 6.45) is 6.62. The van der Waals surface area contributed by atoms with Crippen molar-refractivity contribution < 1.29 is 19.1 Å². The van der Waals surface area contributed by atoms with Gasteiger partial charge in [0.2, 0.25) is 11.8 Å². The molecule has 296 valence electrons. The average molecular weight is 774 g/mol. The Balaban J connectivity index is 1.31. The Hall–Kier alpha value is -6.74. The molecular formula is C49H51N5O4. The molecule has 0 fully saturated rings. The van der Waals surface area contributed by atoms with E-state index in [0.717, 1.165) is 27.8 Å². The first-order valence-corrected chi connectivity index (χ1v) is 19.6. The van der Waals surface area contributed by atoms with E-state index < -0.39 is 23.6 Å². The summed E-state index contributed by atoms with van der Waals surface area (Å²) < 4.78 is 7.67. The fourth-order valence-electron chi connectivity index (χ4n) is 7.18. The van der Waals surface area contributed by atoms with E-state index in [1.54, 1.807) is 6.33 Å². The minimum absolute atomic E-state index is 0.0256. The number of rotatable bonds is 17. The molecule has 0 spiro atoms. The summed E-state index contributed by atoms with van der Waals surface area (Å²) in [7, 11) is 0. The standard InChI is InChI=1S/C49H51N5O4/c1-4-5-31-53(34-45(55)50-36-48(2,3)39-23-13-7-14-24-39)46(56)44(52-47(57)58-35-38-21-11-6-12-22-38)32-43-33-54(37-51-43)49(40-25-15-8-16-26-40,41-27-17-9-18-28-41)42-29-19-10-20-30-42/h4-30,33,37,44H,31-32,34-36H2,1-3H3,(H,50,55)(H,52,57)/b5-4+. The summed E-state index contributed by atoms with van der Waals surface area (Å²) in [5.41, 5.74) is 4.36. The predicted octanol–water partition coefficient (Wildman–Crippen LogP) is 8.06. The first kappa shape index (κ1) is 40.9. The number of nitrogens with one attached hydrogen (secondary N) is 2. The molecule has 0 saturated carbocycles. The fraction of sp³-hybridized carbons (Fsp3) is 0.224. The first-order valence-electron chi connectivity index (χ1n) is 19.6. The predicted molar refractivity (Wildman–Crippen MR) is 228 cm³/mol. The van der Waals surface area contributed by atoms with E-state index >= 15 is 0 Å². The van der Waals surface area contributed by atoms with Gasteiger partial charge in [-0.2, -0.15) is 0 Å².